The number of imidazole rings is 1. The number of aryl methyl sites for hydroxylation is 1. The third-order valence-electron chi connectivity index (χ3n) is 2.88. The van der Waals surface area contributed by atoms with E-state index in [1.807, 2.05) is 20.8 Å². The quantitative estimate of drug-likeness (QED) is 0.734. The number of nitrogens with zero attached hydrogens (tertiary/aromatic N) is 2. The summed E-state index contributed by atoms with van der Waals surface area (Å²) in [4.78, 5) is 27.7. The average Bonchev–Trinajstić information content (AvgIpc) is 2.72. The maximum Gasteiger partial charge on any atom is 0.360 e. The second-order valence-electron chi connectivity index (χ2n) is 4.96. The van der Waals surface area contributed by atoms with E-state index in [1.54, 1.807) is 11.5 Å². The van der Waals surface area contributed by atoms with Crippen molar-refractivity contribution in [3.05, 3.63) is 11.5 Å². The molecule has 0 aliphatic rings. The zero-order valence-electron chi connectivity index (χ0n) is 13.1. The normalized spacial score (nSPS) is 10.7. The van der Waals surface area contributed by atoms with Gasteiger partial charge < -0.3 is 20.4 Å². The number of nitrogens with one attached hydrogen (secondary N) is 1. The molecule has 7 nitrogen and oxygen atoms in total. The first-order valence-corrected chi connectivity index (χ1v) is 7.22. The van der Waals surface area contributed by atoms with E-state index in [0.29, 0.717) is 18.8 Å². The predicted octanol–water partition coefficient (Wildman–Crippen LogP) is 1.12. The van der Waals surface area contributed by atoms with Gasteiger partial charge in [-0.15, -0.1) is 0 Å². The Bertz CT molecular complexity index is 509. The van der Waals surface area contributed by atoms with E-state index >= 15 is 0 Å². The fraction of sp³-hybridized carbons (Fsp3) is 0.643. The summed E-state index contributed by atoms with van der Waals surface area (Å²) >= 11 is 0. The fourth-order valence-corrected chi connectivity index (χ4v) is 1.99. The number of hydrogen-bond donors (Lipinski definition) is 2. The standard InChI is InChI=1S/C14H24N4O3/c1-5-10-17-12(14(20)21-6-2)13(15)18(10)8-7-11(19)16-9(3)4/h9H,5-8,15H2,1-4H3,(H,16,19). The summed E-state index contributed by atoms with van der Waals surface area (Å²) in [6.07, 6.45) is 0.906. The smallest absolute Gasteiger partial charge is 0.360 e. The summed E-state index contributed by atoms with van der Waals surface area (Å²) in [5.74, 6) is 0.337. The molecule has 1 aromatic heterocycles. The van der Waals surface area contributed by atoms with Gasteiger partial charge in [0, 0.05) is 25.4 Å². The molecule has 7 heteroatoms. The molecule has 0 spiro atoms. The Balaban J connectivity index is 2.86. The van der Waals surface area contributed by atoms with Gasteiger partial charge in [-0.3, -0.25) is 4.79 Å². The summed E-state index contributed by atoms with van der Waals surface area (Å²) < 4.78 is 6.63. The van der Waals surface area contributed by atoms with Crippen molar-refractivity contribution in [2.45, 2.75) is 53.1 Å². The molecule has 21 heavy (non-hydrogen) atoms. The number of esters is 1. The van der Waals surface area contributed by atoms with Crippen molar-refractivity contribution in [1.29, 1.82) is 0 Å². The number of amides is 1. The lowest BCUT2D eigenvalue weighted by atomic mass is 10.3. The molecule has 1 amide bonds. The van der Waals surface area contributed by atoms with Crippen molar-refractivity contribution in [1.82, 2.24) is 14.9 Å². The van der Waals surface area contributed by atoms with E-state index in [2.05, 4.69) is 10.3 Å². The van der Waals surface area contributed by atoms with E-state index in [4.69, 9.17) is 10.5 Å². The molecule has 0 saturated carbocycles. The van der Waals surface area contributed by atoms with Crippen LogP contribution in [0.5, 0.6) is 0 Å². The molecule has 118 valence electrons. The van der Waals surface area contributed by atoms with E-state index < -0.39 is 5.97 Å². The van der Waals surface area contributed by atoms with E-state index in [9.17, 15) is 9.59 Å². The number of nitrogen functional groups attached to an aromatic ring is 1. The zero-order chi connectivity index (χ0) is 16.0. The molecule has 1 heterocycles. The van der Waals surface area contributed by atoms with Gasteiger partial charge in [-0.05, 0) is 20.8 Å². The van der Waals surface area contributed by atoms with Crippen molar-refractivity contribution in [3.63, 3.8) is 0 Å². The molecular formula is C14H24N4O3. The molecule has 0 aliphatic carbocycles. The molecule has 0 aromatic carbocycles. The third kappa shape index (κ3) is 4.47. The average molecular weight is 296 g/mol. The molecule has 0 unspecified atom stereocenters. The van der Waals surface area contributed by atoms with Gasteiger partial charge in [-0.1, -0.05) is 6.92 Å². The second-order valence-corrected chi connectivity index (χ2v) is 4.96. The lowest BCUT2D eigenvalue weighted by molar-refractivity contribution is -0.121. The highest BCUT2D eigenvalue weighted by atomic mass is 16.5. The number of carbonyl (C=O) groups excluding carboxylic acids is 2. The highest BCUT2D eigenvalue weighted by Gasteiger charge is 2.21. The second kappa shape index (κ2) is 7.66. The molecule has 1 aromatic rings. The van der Waals surface area contributed by atoms with Crippen LogP contribution in [-0.2, 0) is 22.5 Å². The van der Waals surface area contributed by atoms with Crippen LogP contribution in [0.2, 0.25) is 0 Å². The Labute approximate surface area is 124 Å². The monoisotopic (exact) mass is 296 g/mol. The summed E-state index contributed by atoms with van der Waals surface area (Å²) in [5, 5.41) is 2.81. The van der Waals surface area contributed by atoms with Crippen molar-refractivity contribution in [3.8, 4) is 0 Å². The Morgan fingerprint density at radius 1 is 1.38 bits per heavy atom. The summed E-state index contributed by atoms with van der Waals surface area (Å²) in [6, 6.07) is 0.0957. The van der Waals surface area contributed by atoms with Crippen molar-refractivity contribution in [2.24, 2.45) is 0 Å². The third-order valence-corrected chi connectivity index (χ3v) is 2.88. The minimum atomic E-state index is -0.532. The SMILES string of the molecule is CCOC(=O)c1nc(CC)n(CCC(=O)NC(C)C)c1N. The van der Waals surface area contributed by atoms with Crippen LogP contribution >= 0.6 is 0 Å². The van der Waals surface area contributed by atoms with Crippen LogP contribution in [0.15, 0.2) is 0 Å². The highest BCUT2D eigenvalue weighted by molar-refractivity contribution is 5.92. The van der Waals surface area contributed by atoms with Crippen LogP contribution in [0.3, 0.4) is 0 Å². The van der Waals surface area contributed by atoms with Gasteiger partial charge in [0.15, 0.2) is 5.69 Å². The van der Waals surface area contributed by atoms with Crippen LogP contribution < -0.4 is 11.1 Å². The number of rotatable bonds is 7. The molecule has 1 rings (SSSR count). The molecule has 0 aliphatic heterocycles. The van der Waals surface area contributed by atoms with Gasteiger partial charge in [0.1, 0.15) is 11.6 Å². The van der Waals surface area contributed by atoms with Crippen LogP contribution in [0.4, 0.5) is 5.82 Å². The van der Waals surface area contributed by atoms with Gasteiger partial charge in [0.2, 0.25) is 5.91 Å². The van der Waals surface area contributed by atoms with Crippen molar-refractivity contribution in [2.75, 3.05) is 12.3 Å². The molecular weight excluding hydrogens is 272 g/mol. The Hall–Kier alpha value is -2.05. The maximum atomic E-state index is 11.8. The van der Waals surface area contributed by atoms with Crippen LogP contribution in [-0.4, -0.2) is 34.1 Å². The summed E-state index contributed by atoms with van der Waals surface area (Å²) in [7, 11) is 0. The number of aromatic nitrogens is 2. The maximum absolute atomic E-state index is 11.8. The first kappa shape index (κ1) is 17.0. The van der Waals surface area contributed by atoms with E-state index in [0.717, 1.165) is 0 Å². The van der Waals surface area contributed by atoms with Gasteiger partial charge in [0.05, 0.1) is 6.61 Å². The largest absolute Gasteiger partial charge is 0.461 e. The number of hydrogen-bond acceptors (Lipinski definition) is 5. The zero-order valence-corrected chi connectivity index (χ0v) is 13.1. The highest BCUT2D eigenvalue weighted by Crippen LogP contribution is 2.17. The van der Waals surface area contributed by atoms with Gasteiger partial charge in [0.25, 0.3) is 0 Å². The minimum Gasteiger partial charge on any atom is -0.461 e. The van der Waals surface area contributed by atoms with Crippen LogP contribution in [0, 0.1) is 0 Å². The topological polar surface area (TPSA) is 99.2 Å². The molecule has 3 N–H and O–H groups in total. The lowest BCUT2D eigenvalue weighted by Crippen LogP contribution is -2.30. The first-order chi connectivity index (χ1) is 9.90. The van der Waals surface area contributed by atoms with Crippen molar-refractivity contribution >= 4 is 17.7 Å². The van der Waals surface area contributed by atoms with Crippen LogP contribution in [0.25, 0.3) is 0 Å². The summed E-state index contributed by atoms with van der Waals surface area (Å²) in [6.45, 7) is 8.10. The molecule has 0 fully saturated rings. The molecule has 0 saturated heterocycles. The summed E-state index contributed by atoms with van der Waals surface area (Å²) in [5.41, 5.74) is 6.09. The van der Waals surface area contributed by atoms with Gasteiger partial charge in [-0.2, -0.15) is 0 Å². The fourth-order valence-electron chi connectivity index (χ4n) is 1.99. The van der Waals surface area contributed by atoms with E-state index in [1.165, 1.54) is 0 Å². The number of ether oxygens (including phenoxy) is 1. The Morgan fingerprint density at radius 2 is 2.05 bits per heavy atom. The molecule has 0 atom stereocenters. The van der Waals surface area contributed by atoms with Crippen LogP contribution in [0.1, 0.15) is 50.4 Å². The van der Waals surface area contributed by atoms with Gasteiger partial charge in [-0.25, -0.2) is 9.78 Å². The predicted molar refractivity (Wildman–Crippen MR) is 79.9 cm³/mol. The number of nitrogens with two attached hydrogens (primary N) is 1. The lowest BCUT2D eigenvalue weighted by Gasteiger charge is -2.11. The van der Waals surface area contributed by atoms with Crippen molar-refractivity contribution < 1.29 is 14.3 Å². The van der Waals surface area contributed by atoms with E-state index in [-0.39, 0.29) is 36.5 Å². The Kier molecular flexibility index (Phi) is 6.20. The number of anilines is 1. The van der Waals surface area contributed by atoms with Gasteiger partial charge >= 0.3 is 5.97 Å². The first-order valence-electron chi connectivity index (χ1n) is 7.22. The number of carbonyl (C=O) groups is 2. The molecule has 0 bridgehead atoms. The molecule has 0 radical (unpaired) electrons. The minimum absolute atomic E-state index is 0.0576. The Morgan fingerprint density at radius 3 is 2.57 bits per heavy atom.